The van der Waals surface area contributed by atoms with Crippen LogP contribution in [0.25, 0.3) is 33.0 Å². The molecule has 4 aromatic rings. The fourth-order valence-electron chi connectivity index (χ4n) is 13.3. The molecule has 0 saturated heterocycles. The summed E-state index contributed by atoms with van der Waals surface area (Å²) < 4.78 is 0. The lowest BCUT2D eigenvalue weighted by atomic mass is 9.53. The highest BCUT2D eigenvalue weighted by Gasteiger charge is 2.57. The summed E-state index contributed by atoms with van der Waals surface area (Å²) in [6.45, 7) is 24.3. The van der Waals surface area contributed by atoms with E-state index in [0.717, 1.165) is 6.42 Å². The van der Waals surface area contributed by atoms with Gasteiger partial charge in [0.2, 0.25) is 0 Å². The van der Waals surface area contributed by atoms with Crippen molar-refractivity contribution in [2.75, 3.05) is 0 Å². The molecule has 1 spiro atoms. The van der Waals surface area contributed by atoms with E-state index in [1.165, 1.54) is 108 Å². The van der Waals surface area contributed by atoms with Crippen LogP contribution >= 0.6 is 0 Å². The predicted octanol–water partition coefficient (Wildman–Crippen LogP) is 15.0. The van der Waals surface area contributed by atoms with Crippen LogP contribution in [0.5, 0.6) is 0 Å². The van der Waals surface area contributed by atoms with Crippen molar-refractivity contribution in [2.45, 2.75) is 144 Å². The lowest BCUT2D eigenvalue weighted by Gasteiger charge is -2.50. The fraction of sp³-hybridized carbons (Fsp3) is 0.481. The van der Waals surface area contributed by atoms with Crippen molar-refractivity contribution in [2.24, 2.45) is 23.7 Å². The van der Waals surface area contributed by atoms with E-state index in [2.05, 4.69) is 130 Å². The van der Waals surface area contributed by atoms with Crippen molar-refractivity contribution >= 4 is 21.9 Å². The van der Waals surface area contributed by atoms with Crippen molar-refractivity contribution in [1.82, 2.24) is 0 Å². The molecular weight excluding hydrogens is 649 g/mol. The summed E-state index contributed by atoms with van der Waals surface area (Å²) in [5, 5.41) is 3.02. The molecule has 54 heavy (non-hydrogen) atoms. The molecule has 0 nitrogen and oxygen atoms in total. The molecule has 9 rings (SSSR count). The smallest absolute Gasteiger partial charge is 0.0474 e. The maximum absolute atomic E-state index is 2.93. The summed E-state index contributed by atoms with van der Waals surface area (Å²) in [4.78, 5) is 0. The molecule has 280 valence electrons. The normalized spacial score (nSPS) is 22.6. The van der Waals surface area contributed by atoms with Crippen molar-refractivity contribution in [3.8, 4) is 11.1 Å². The van der Waals surface area contributed by atoms with Gasteiger partial charge in [-0.05, 0) is 174 Å². The van der Waals surface area contributed by atoms with Crippen LogP contribution in [0.3, 0.4) is 0 Å². The Morgan fingerprint density at radius 2 is 1.39 bits per heavy atom. The molecule has 0 aliphatic heterocycles. The van der Waals surface area contributed by atoms with E-state index < -0.39 is 0 Å². The molecular formula is C54H64. The van der Waals surface area contributed by atoms with Gasteiger partial charge in [0.05, 0.1) is 0 Å². The zero-order valence-electron chi connectivity index (χ0n) is 35.2. The summed E-state index contributed by atoms with van der Waals surface area (Å²) in [6, 6.07) is 20.2. The van der Waals surface area contributed by atoms with E-state index in [-0.39, 0.29) is 10.8 Å². The van der Waals surface area contributed by atoms with Crippen LogP contribution in [0.15, 0.2) is 71.8 Å². The van der Waals surface area contributed by atoms with Gasteiger partial charge < -0.3 is 0 Å². The van der Waals surface area contributed by atoms with Gasteiger partial charge in [0, 0.05) is 16.7 Å². The van der Waals surface area contributed by atoms with Gasteiger partial charge in [-0.1, -0.05) is 138 Å². The highest BCUT2D eigenvalue weighted by molar-refractivity contribution is 6.11. The van der Waals surface area contributed by atoms with Crippen LogP contribution in [0.4, 0.5) is 0 Å². The molecule has 0 amide bonds. The molecule has 0 radical (unpaired) electrons. The Hall–Kier alpha value is -3.64. The maximum Gasteiger partial charge on any atom is 0.0474 e. The topological polar surface area (TPSA) is 0 Å². The third kappa shape index (κ3) is 4.86. The van der Waals surface area contributed by atoms with Gasteiger partial charge >= 0.3 is 0 Å². The molecule has 0 heteroatoms. The second kappa shape index (κ2) is 13.0. The van der Waals surface area contributed by atoms with Crippen molar-refractivity contribution in [1.29, 1.82) is 0 Å². The SMILES string of the molecule is CCC(CC)C1=CC2(c3ccc4c(c3-c3cc(C)c5c(C)cc(C)cc5c32)C(C)(C)C2=C4Cc3ccc(C)cc32)C(C2CCCCC2)C(C(CC)CC)=C1. The van der Waals surface area contributed by atoms with Gasteiger partial charge in [-0.3, -0.25) is 0 Å². The van der Waals surface area contributed by atoms with Crippen molar-refractivity contribution in [3.05, 3.63) is 127 Å². The van der Waals surface area contributed by atoms with Crippen LogP contribution in [-0.4, -0.2) is 0 Å². The second-order valence-electron chi connectivity index (χ2n) is 18.9. The number of fused-ring (bicyclic) bond motifs is 12. The van der Waals surface area contributed by atoms with Crippen LogP contribution in [-0.2, 0) is 17.3 Å². The molecule has 2 atom stereocenters. The zero-order chi connectivity index (χ0) is 37.8. The Kier molecular flexibility index (Phi) is 8.65. The van der Waals surface area contributed by atoms with Gasteiger partial charge in [0.25, 0.3) is 0 Å². The first kappa shape index (κ1) is 36.0. The summed E-state index contributed by atoms with van der Waals surface area (Å²) in [7, 11) is 0. The molecule has 1 saturated carbocycles. The van der Waals surface area contributed by atoms with E-state index in [0.29, 0.717) is 23.7 Å². The summed E-state index contributed by atoms with van der Waals surface area (Å²) in [5.74, 6) is 2.33. The Bertz CT molecular complexity index is 2300. The first-order valence-electron chi connectivity index (χ1n) is 22.0. The van der Waals surface area contributed by atoms with E-state index in [1.54, 1.807) is 50.1 Å². The summed E-state index contributed by atoms with van der Waals surface area (Å²) in [6.07, 6.45) is 18.5. The van der Waals surface area contributed by atoms with E-state index in [1.807, 2.05) is 0 Å². The first-order chi connectivity index (χ1) is 26.0. The number of hydrogen-bond donors (Lipinski definition) is 0. The van der Waals surface area contributed by atoms with Gasteiger partial charge in [0.1, 0.15) is 0 Å². The Morgan fingerprint density at radius 1 is 0.685 bits per heavy atom. The molecule has 1 fully saturated rings. The number of rotatable bonds is 7. The average molecular weight is 713 g/mol. The van der Waals surface area contributed by atoms with Crippen LogP contribution < -0.4 is 0 Å². The third-order valence-electron chi connectivity index (χ3n) is 15.5. The highest BCUT2D eigenvalue weighted by atomic mass is 14.6. The predicted molar refractivity (Wildman–Crippen MR) is 233 cm³/mol. The lowest BCUT2D eigenvalue weighted by molar-refractivity contribution is 0.210. The van der Waals surface area contributed by atoms with Gasteiger partial charge in [-0.15, -0.1) is 0 Å². The monoisotopic (exact) mass is 713 g/mol. The first-order valence-corrected chi connectivity index (χ1v) is 22.0. The molecule has 5 aliphatic carbocycles. The minimum atomic E-state index is -0.198. The lowest BCUT2D eigenvalue weighted by Crippen LogP contribution is -2.43. The molecule has 0 N–H and O–H groups in total. The molecule has 0 heterocycles. The van der Waals surface area contributed by atoms with Crippen molar-refractivity contribution < 1.29 is 0 Å². The van der Waals surface area contributed by atoms with Gasteiger partial charge in [-0.2, -0.15) is 0 Å². The minimum absolute atomic E-state index is 0.0891. The fourth-order valence-corrected chi connectivity index (χ4v) is 13.3. The Balaban J connectivity index is 1.44. The molecule has 0 bridgehead atoms. The number of benzene rings is 4. The van der Waals surface area contributed by atoms with E-state index >= 15 is 0 Å². The Labute approximate surface area is 327 Å². The van der Waals surface area contributed by atoms with Crippen molar-refractivity contribution in [3.63, 3.8) is 0 Å². The van der Waals surface area contributed by atoms with E-state index in [4.69, 9.17) is 0 Å². The second-order valence-corrected chi connectivity index (χ2v) is 18.9. The van der Waals surface area contributed by atoms with Gasteiger partial charge in [0.15, 0.2) is 0 Å². The quantitative estimate of drug-likeness (QED) is 0.179. The largest absolute Gasteiger partial charge is 0.0654 e. The Morgan fingerprint density at radius 3 is 2.09 bits per heavy atom. The molecule has 2 unspecified atom stereocenters. The third-order valence-corrected chi connectivity index (χ3v) is 15.5. The molecule has 5 aliphatic rings. The average Bonchev–Trinajstić information content (AvgIpc) is 3.73. The number of aryl methyl sites for hydroxylation is 4. The number of allylic oxidation sites excluding steroid dienone is 6. The maximum atomic E-state index is 2.93. The van der Waals surface area contributed by atoms with Crippen LogP contribution in [0.2, 0.25) is 0 Å². The minimum Gasteiger partial charge on any atom is -0.0654 e. The molecule has 4 aromatic carbocycles. The zero-order valence-corrected chi connectivity index (χ0v) is 35.2. The van der Waals surface area contributed by atoms with Crippen LogP contribution in [0, 0.1) is 51.4 Å². The van der Waals surface area contributed by atoms with Crippen LogP contribution in [0.1, 0.15) is 155 Å². The standard InChI is InChI=1S/C54H64/c1-11-35(12-2)39-29-42(36(13-3)14-4)49(37-18-16-15-17-19-37)54(30-39)46-23-22-40-43-28-38-21-20-31(5)25-41(38)50(43)53(9,10)52(40)48(46)45-27-34(8)47-33(7)24-32(6)26-44(47)51(45)54/h20-27,29-30,35-37,49H,11-19,28H2,1-10H3. The highest BCUT2D eigenvalue weighted by Crippen LogP contribution is 2.68. The summed E-state index contributed by atoms with van der Waals surface area (Å²) in [5.41, 5.74) is 24.5. The van der Waals surface area contributed by atoms with Gasteiger partial charge in [-0.25, -0.2) is 0 Å². The molecule has 0 aromatic heterocycles. The number of hydrogen-bond acceptors (Lipinski definition) is 0. The summed E-state index contributed by atoms with van der Waals surface area (Å²) >= 11 is 0. The van der Waals surface area contributed by atoms with E-state index in [9.17, 15) is 0 Å².